The van der Waals surface area contributed by atoms with Gasteiger partial charge >= 0.3 is 0 Å². The molecule has 0 N–H and O–H groups in total. The summed E-state index contributed by atoms with van der Waals surface area (Å²) in [6, 6.07) is 19.0. The van der Waals surface area contributed by atoms with Crippen LogP contribution >= 0.6 is 0 Å². The van der Waals surface area contributed by atoms with Gasteiger partial charge in [-0.1, -0.05) is 36.4 Å². The van der Waals surface area contributed by atoms with Crippen molar-refractivity contribution in [1.29, 1.82) is 0 Å². The van der Waals surface area contributed by atoms with Crippen molar-refractivity contribution in [2.45, 2.75) is 26.0 Å². The number of ether oxygens (including phenoxy) is 1. The Morgan fingerprint density at radius 2 is 1.87 bits per heavy atom. The summed E-state index contributed by atoms with van der Waals surface area (Å²) in [5, 5.41) is 0. The van der Waals surface area contributed by atoms with Gasteiger partial charge in [0.05, 0.1) is 12.3 Å². The monoisotopic (exact) mass is 402 g/mol. The third-order valence-electron chi connectivity index (χ3n) is 5.63. The molecule has 0 bridgehead atoms. The molecule has 2 aromatic heterocycles. The molecule has 3 heterocycles. The lowest BCUT2D eigenvalue weighted by atomic mass is 10.0. The SMILES string of the molecule is Cc1ccccc1Cc1cccc([C@@H]2CN(Cc3cccnc3N(C)C)CCO2)n1. The Bertz CT molecular complexity index is 988. The van der Waals surface area contributed by atoms with Gasteiger partial charge in [0, 0.05) is 57.6 Å². The highest BCUT2D eigenvalue weighted by Crippen LogP contribution is 2.25. The summed E-state index contributed by atoms with van der Waals surface area (Å²) in [7, 11) is 4.08. The molecule has 1 fully saturated rings. The van der Waals surface area contributed by atoms with E-state index < -0.39 is 0 Å². The van der Waals surface area contributed by atoms with E-state index >= 15 is 0 Å². The van der Waals surface area contributed by atoms with Crippen LogP contribution in [0, 0.1) is 6.92 Å². The summed E-state index contributed by atoms with van der Waals surface area (Å²) in [6.07, 6.45) is 2.69. The number of aromatic nitrogens is 2. The predicted octanol–water partition coefficient (Wildman–Crippen LogP) is 4.02. The van der Waals surface area contributed by atoms with Crippen LogP contribution in [-0.4, -0.2) is 48.7 Å². The number of hydrogen-bond acceptors (Lipinski definition) is 5. The fraction of sp³-hybridized carbons (Fsp3) is 0.360. The van der Waals surface area contributed by atoms with Crippen LogP contribution < -0.4 is 4.90 Å². The Morgan fingerprint density at radius 1 is 1.03 bits per heavy atom. The Labute approximate surface area is 179 Å². The van der Waals surface area contributed by atoms with E-state index in [1.807, 2.05) is 26.4 Å². The first-order valence-electron chi connectivity index (χ1n) is 10.6. The first-order chi connectivity index (χ1) is 14.6. The van der Waals surface area contributed by atoms with Crippen molar-refractivity contribution in [3.8, 4) is 0 Å². The number of benzene rings is 1. The molecule has 0 amide bonds. The third-order valence-corrected chi connectivity index (χ3v) is 5.63. The first-order valence-corrected chi connectivity index (χ1v) is 10.6. The molecule has 1 aliphatic rings. The van der Waals surface area contributed by atoms with Crippen molar-refractivity contribution in [2.24, 2.45) is 0 Å². The lowest BCUT2D eigenvalue weighted by molar-refractivity contribution is -0.0350. The molecule has 0 saturated carbocycles. The fourth-order valence-corrected chi connectivity index (χ4v) is 4.00. The average Bonchev–Trinajstić information content (AvgIpc) is 2.76. The molecule has 3 aromatic rings. The van der Waals surface area contributed by atoms with E-state index in [9.17, 15) is 0 Å². The zero-order chi connectivity index (χ0) is 20.9. The van der Waals surface area contributed by atoms with Crippen LogP contribution in [-0.2, 0) is 17.7 Å². The molecule has 156 valence electrons. The van der Waals surface area contributed by atoms with Crippen molar-refractivity contribution in [2.75, 3.05) is 38.7 Å². The molecular formula is C25H30N4O. The predicted molar refractivity (Wildman–Crippen MR) is 121 cm³/mol. The van der Waals surface area contributed by atoms with E-state index in [4.69, 9.17) is 9.72 Å². The van der Waals surface area contributed by atoms with Gasteiger partial charge in [0.1, 0.15) is 11.9 Å². The average molecular weight is 403 g/mol. The topological polar surface area (TPSA) is 41.5 Å². The number of nitrogens with zero attached hydrogens (tertiary/aromatic N) is 4. The van der Waals surface area contributed by atoms with E-state index in [1.54, 1.807) is 0 Å². The van der Waals surface area contributed by atoms with Gasteiger partial charge in [-0.05, 0) is 36.2 Å². The van der Waals surface area contributed by atoms with Gasteiger partial charge in [-0.15, -0.1) is 0 Å². The molecule has 1 aliphatic heterocycles. The molecule has 30 heavy (non-hydrogen) atoms. The van der Waals surface area contributed by atoms with Gasteiger partial charge in [0.25, 0.3) is 0 Å². The van der Waals surface area contributed by atoms with Crippen LogP contribution in [0.1, 0.15) is 34.2 Å². The van der Waals surface area contributed by atoms with E-state index in [2.05, 4.69) is 70.2 Å². The highest BCUT2D eigenvalue weighted by atomic mass is 16.5. The smallest absolute Gasteiger partial charge is 0.132 e. The van der Waals surface area contributed by atoms with Gasteiger partial charge < -0.3 is 9.64 Å². The summed E-state index contributed by atoms with van der Waals surface area (Å²) in [5.74, 6) is 1.03. The summed E-state index contributed by atoms with van der Waals surface area (Å²) in [4.78, 5) is 14.0. The maximum absolute atomic E-state index is 6.11. The number of anilines is 1. The van der Waals surface area contributed by atoms with Crippen LogP contribution in [0.3, 0.4) is 0 Å². The maximum atomic E-state index is 6.11. The number of aryl methyl sites for hydroxylation is 1. The summed E-state index contributed by atoms with van der Waals surface area (Å²) in [5.41, 5.74) is 5.97. The highest BCUT2D eigenvalue weighted by molar-refractivity contribution is 5.45. The molecule has 0 radical (unpaired) electrons. The molecule has 0 spiro atoms. The van der Waals surface area contributed by atoms with Gasteiger partial charge in [0.2, 0.25) is 0 Å². The largest absolute Gasteiger partial charge is 0.369 e. The van der Waals surface area contributed by atoms with E-state index in [-0.39, 0.29) is 6.10 Å². The van der Waals surface area contributed by atoms with E-state index in [0.717, 1.165) is 43.3 Å². The molecule has 1 atom stereocenters. The molecule has 1 saturated heterocycles. The molecule has 5 nitrogen and oxygen atoms in total. The second-order valence-corrected chi connectivity index (χ2v) is 8.13. The van der Waals surface area contributed by atoms with E-state index in [1.165, 1.54) is 16.7 Å². The first kappa shape index (κ1) is 20.5. The van der Waals surface area contributed by atoms with Gasteiger partial charge in [0.15, 0.2) is 0 Å². The minimum absolute atomic E-state index is 0.00459. The number of morpholine rings is 1. The summed E-state index contributed by atoms with van der Waals surface area (Å²) >= 11 is 0. The second-order valence-electron chi connectivity index (χ2n) is 8.13. The number of rotatable bonds is 6. The van der Waals surface area contributed by atoms with E-state index in [0.29, 0.717) is 6.61 Å². The Balaban J connectivity index is 1.47. The van der Waals surface area contributed by atoms with Crippen LogP contribution in [0.15, 0.2) is 60.8 Å². The standard InChI is InChI=1S/C25H30N4O/c1-19-8-4-5-9-20(19)16-22-11-6-12-23(27-22)24-18-29(14-15-30-24)17-21-10-7-13-26-25(21)28(2)3/h4-13,24H,14-18H2,1-3H3/t24-/m0/s1. The lowest BCUT2D eigenvalue weighted by Gasteiger charge is -2.33. The second kappa shape index (κ2) is 9.37. The molecule has 0 unspecified atom stereocenters. The van der Waals surface area contributed by atoms with Crippen molar-refractivity contribution in [1.82, 2.24) is 14.9 Å². The third kappa shape index (κ3) is 4.86. The highest BCUT2D eigenvalue weighted by Gasteiger charge is 2.24. The van der Waals surface area contributed by atoms with Crippen molar-refractivity contribution < 1.29 is 4.74 Å². The summed E-state index contributed by atoms with van der Waals surface area (Å²) in [6.45, 7) is 5.49. The Morgan fingerprint density at radius 3 is 2.70 bits per heavy atom. The van der Waals surface area contributed by atoms with Crippen LogP contribution in [0.2, 0.25) is 0 Å². The Kier molecular flexibility index (Phi) is 6.41. The quantitative estimate of drug-likeness (QED) is 0.623. The number of hydrogen-bond donors (Lipinski definition) is 0. The van der Waals surface area contributed by atoms with Crippen molar-refractivity contribution >= 4 is 5.82 Å². The maximum Gasteiger partial charge on any atom is 0.132 e. The number of pyridine rings is 2. The minimum Gasteiger partial charge on any atom is -0.369 e. The molecule has 5 heteroatoms. The van der Waals surface area contributed by atoms with Crippen LogP contribution in [0.5, 0.6) is 0 Å². The molecule has 1 aromatic carbocycles. The van der Waals surface area contributed by atoms with Gasteiger partial charge in [-0.2, -0.15) is 0 Å². The van der Waals surface area contributed by atoms with Crippen LogP contribution in [0.25, 0.3) is 0 Å². The Hall–Kier alpha value is -2.76. The van der Waals surface area contributed by atoms with Crippen molar-refractivity contribution in [3.05, 3.63) is 88.9 Å². The zero-order valence-electron chi connectivity index (χ0n) is 18.1. The van der Waals surface area contributed by atoms with Crippen LogP contribution in [0.4, 0.5) is 5.82 Å². The van der Waals surface area contributed by atoms with Gasteiger partial charge in [-0.25, -0.2) is 4.98 Å². The zero-order valence-corrected chi connectivity index (χ0v) is 18.1. The molecule has 4 rings (SSSR count). The fourth-order valence-electron chi connectivity index (χ4n) is 4.00. The minimum atomic E-state index is -0.00459. The lowest BCUT2D eigenvalue weighted by Crippen LogP contribution is -2.38. The molecule has 0 aliphatic carbocycles. The summed E-state index contributed by atoms with van der Waals surface area (Å²) < 4.78 is 6.11. The normalized spacial score (nSPS) is 17.1. The van der Waals surface area contributed by atoms with Gasteiger partial charge in [-0.3, -0.25) is 9.88 Å². The molecular weight excluding hydrogens is 372 g/mol. The van der Waals surface area contributed by atoms with Crippen molar-refractivity contribution in [3.63, 3.8) is 0 Å².